The van der Waals surface area contributed by atoms with E-state index in [0.29, 0.717) is 13.0 Å². The lowest BCUT2D eigenvalue weighted by Crippen LogP contribution is -2.33. The van der Waals surface area contributed by atoms with E-state index in [9.17, 15) is 4.79 Å². The first-order valence-corrected chi connectivity index (χ1v) is 8.56. The van der Waals surface area contributed by atoms with Gasteiger partial charge in [0, 0.05) is 16.8 Å². The van der Waals surface area contributed by atoms with Crippen molar-refractivity contribution in [2.24, 2.45) is 0 Å². The highest BCUT2D eigenvalue weighted by atomic mass is 32.1. The van der Waals surface area contributed by atoms with E-state index in [2.05, 4.69) is 11.4 Å². The Morgan fingerprint density at radius 2 is 2.00 bits per heavy atom. The van der Waals surface area contributed by atoms with Crippen LogP contribution in [0.4, 0.5) is 0 Å². The van der Waals surface area contributed by atoms with Crippen molar-refractivity contribution < 1.29 is 14.3 Å². The molecule has 1 N–H and O–H groups in total. The number of ether oxygens (including phenoxy) is 2. The molecular formula is C18H21NO3S. The molecule has 0 atom stereocenters. The molecule has 0 saturated heterocycles. The molecule has 0 aliphatic heterocycles. The van der Waals surface area contributed by atoms with Crippen molar-refractivity contribution in [2.45, 2.75) is 24.7 Å². The van der Waals surface area contributed by atoms with Crippen molar-refractivity contribution in [2.75, 3.05) is 20.8 Å². The van der Waals surface area contributed by atoms with Gasteiger partial charge in [0.05, 0.1) is 20.6 Å². The predicted molar refractivity (Wildman–Crippen MR) is 91.5 cm³/mol. The number of methoxy groups -OCH3 is 2. The van der Waals surface area contributed by atoms with Gasteiger partial charge in [-0.1, -0.05) is 12.1 Å². The van der Waals surface area contributed by atoms with Gasteiger partial charge in [-0.05, 0) is 42.0 Å². The summed E-state index contributed by atoms with van der Waals surface area (Å²) in [6, 6.07) is 9.99. The Morgan fingerprint density at radius 1 is 1.22 bits per heavy atom. The second kappa shape index (κ2) is 6.62. The van der Waals surface area contributed by atoms with Gasteiger partial charge in [-0.15, -0.1) is 11.3 Å². The first-order valence-electron chi connectivity index (χ1n) is 7.68. The van der Waals surface area contributed by atoms with Crippen molar-refractivity contribution in [1.82, 2.24) is 5.32 Å². The quantitative estimate of drug-likeness (QED) is 0.848. The predicted octanol–water partition coefficient (Wildman–Crippen LogP) is 3.16. The molecule has 1 aromatic heterocycles. The molecule has 1 saturated carbocycles. The van der Waals surface area contributed by atoms with Crippen LogP contribution in [-0.4, -0.2) is 26.7 Å². The van der Waals surface area contributed by atoms with E-state index < -0.39 is 0 Å². The van der Waals surface area contributed by atoms with Crippen molar-refractivity contribution in [3.8, 4) is 11.5 Å². The van der Waals surface area contributed by atoms with Crippen LogP contribution in [-0.2, 0) is 16.6 Å². The van der Waals surface area contributed by atoms with E-state index in [1.54, 1.807) is 25.6 Å². The third-order valence-electron chi connectivity index (χ3n) is 4.39. The summed E-state index contributed by atoms with van der Waals surface area (Å²) in [6.07, 6.45) is 2.63. The molecule has 1 aliphatic rings. The van der Waals surface area contributed by atoms with Crippen LogP contribution in [0.3, 0.4) is 0 Å². The number of rotatable bonds is 7. The van der Waals surface area contributed by atoms with Gasteiger partial charge < -0.3 is 14.8 Å². The van der Waals surface area contributed by atoms with Gasteiger partial charge in [0.25, 0.3) is 0 Å². The second-order valence-electron chi connectivity index (χ2n) is 5.88. The lowest BCUT2D eigenvalue weighted by Gasteiger charge is -2.18. The zero-order chi connectivity index (χ0) is 16.3. The molecule has 1 heterocycles. The first kappa shape index (κ1) is 15.9. The molecule has 2 aromatic rings. The summed E-state index contributed by atoms with van der Waals surface area (Å²) in [6.45, 7) is 0.673. The highest BCUT2D eigenvalue weighted by Crippen LogP contribution is 2.49. The molecule has 1 aromatic carbocycles. The smallest absolute Gasteiger partial charge is 0.225 e. The molecule has 5 heteroatoms. The molecule has 3 rings (SSSR count). The number of hydrogen-bond donors (Lipinski definition) is 1. The zero-order valence-corrected chi connectivity index (χ0v) is 14.2. The van der Waals surface area contributed by atoms with Crippen molar-refractivity contribution in [3.63, 3.8) is 0 Å². The van der Waals surface area contributed by atoms with Crippen LogP contribution < -0.4 is 14.8 Å². The molecule has 0 radical (unpaired) electrons. The molecule has 122 valence electrons. The highest BCUT2D eigenvalue weighted by molar-refractivity contribution is 7.10. The maximum Gasteiger partial charge on any atom is 0.225 e. The van der Waals surface area contributed by atoms with E-state index in [1.807, 2.05) is 29.6 Å². The van der Waals surface area contributed by atoms with Crippen molar-refractivity contribution in [1.29, 1.82) is 0 Å². The Labute approximate surface area is 140 Å². The Hall–Kier alpha value is -2.01. The zero-order valence-electron chi connectivity index (χ0n) is 13.4. The molecule has 1 aliphatic carbocycles. The van der Waals surface area contributed by atoms with Gasteiger partial charge in [-0.2, -0.15) is 0 Å². The Balaban J connectivity index is 1.64. The molecule has 23 heavy (non-hydrogen) atoms. The average Bonchev–Trinajstić information content (AvgIpc) is 3.21. The Kier molecular flexibility index (Phi) is 4.57. The van der Waals surface area contributed by atoms with Crippen LogP contribution >= 0.6 is 11.3 Å². The Morgan fingerprint density at radius 3 is 2.61 bits per heavy atom. The van der Waals surface area contributed by atoms with Gasteiger partial charge in [0.15, 0.2) is 11.5 Å². The van der Waals surface area contributed by atoms with Crippen LogP contribution in [0.5, 0.6) is 11.5 Å². The molecule has 0 bridgehead atoms. The van der Waals surface area contributed by atoms with E-state index in [-0.39, 0.29) is 11.3 Å². The number of hydrogen-bond acceptors (Lipinski definition) is 4. The van der Waals surface area contributed by atoms with Crippen molar-refractivity contribution >= 4 is 17.2 Å². The van der Waals surface area contributed by atoms with Crippen LogP contribution in [0, 0.1) is 0 Å². The van der Waals surface area contributed by atoms with Crippen LogP contribution in [0.15, 0.2) is 35.7 Å². The van der Waals surface area contributed by atoms with E-state index in [4.69, 9.17) is 9.47 Å². The van der Waals surface area contributed by atoms with E-state index >= 15 is 0 Å². The number of nitrogens with one attached hydrogen (secondary N) is 1. The summed E-state index contributed by atoms with van der Waals surface area (Å²) in [5.74, 6) is 1.55. The maximum absolute atomic E-state index is 12.1. The maximum atomic E-state index is 12.1. The number of amides is 1. The molecule has 0 unspecified atom stereocenters. The third-order valence-corrected chi connectivity index (χ3v) is 5.26. The number of thiophene rings is 1. The summed E-state index contributed by atoms with van der Waals surface area (Å²) in [5, 5.41) is 5.08. The summed E-state index contributed by atoms with van der Waals surface area (Å²) in [4.78, 5) is 13.2. The third kappa shape index (κ3) is 3.50. The van der Waals surface area contributed by atoms with Gasteiger partial charge >= 0.3 is 0 Å². The Bertz CT molecular complexity index is 678. The first-order chi connectivity index (χ1) is 11.2. The highest BCUT2D eigenvalue weighted by Gasteiger charge is 2.44. The summed E-state index contributed by atoms with van der Waals surface area (Å²) in [7, 11) is 3.28. The van der Waals surface area contributed by atoms with Crippen LogP contribution in [0.1, 0.15) is 23.3 Å². The molecule has 1 amide bonds. The van der Waals surface area contributed by atoms with Gasteiger partial charge in [0.2, 0.25) is 5.91 Å². The molecule has 1 fully saturated rings. The van der Waals surface area contributed by atoms with Crippen LogP contribution in [0.2, 0.25) is 0 Å². The number of benzene rings is 1. The minimum absolute atomic E-state index is 0.0463. The lowest BCUT2D eigenvalue weighted by atomic mass is 9.95. The minimum atomic E-state index is 0.0463. The molecular weight excluding hydrogens is 310 g/mol. The summed E-state index contributed by atoms with van der Waals surface area (Å²) < 4.78 is 10.7. The van der Waals surface area contributed by atoms with E-state index in [0.717, 1.165) is 29.2 Å². The van der Waals surface area contributed by atoms with Gasteiger partial charge in [-0.25, -0.2) is 0 Å². The fraction of sp³-hybridized carbons (Fsp3) is 0.389. The molecule has 0 spiro atoms. The standard InChI is InChI=1S/C18H21NO3S/c1-21-15-6-5-13(10-16(15)22-2)18(7-8-18)12-19-17(20)11-14-4-3-9-23-14/h3-6,9-10H,7-8,11-12H2,1-2H3,(H,19,20). The largest absolute Gasteiger partial charge is 0.493 e. The van der Waals surface area contributed by atoms with Gasteiger partial charge in [-0.3, -0.25) is 4.79 Å². The van der Waals surface area contributed by atoms with E-state index in [1.165, 1.54) is 5.56 Å². The van der Waals surface area contributed by atoms with Gasteiger partial charge in [0.1, 0.15) is 0 Å². The summed E-state index contributed by atoms with van der Waals surface area (Å²) >= 11 is 1.61. The normalized spacial score (nSPS) is 15.0. The number of carbonyl (C=O) groups is 1. The minimum Gasteiger partial charge on any atom is -0.493 e. The number of carbonyl (C=O) groups excluding carboxylic acids is 1. The lowest BCUT2D eigenvalue weighted by molar-refractivity contribution is -0.120. The average molecular weight is 331 g/mol. The fourth-order valence-electron chi connectivity index (χ4n) is 2.79. The molecule has 4 nitrogen and oxygen atoms in total. The summed E-state index contributed by atoms with van der Waals surface area (Å²) in [5.41, 5.74) is 1.25. The van der Waals surface area contributed by atoms with Crippen molar-refractivity contribution in [3.05, 3.63) is 46.2 Å². The fourth-order valence-corrected chi connectivity index (χ4v) is 3.49. The topological polar surface area (TPSA) is 47.6 Å². The second-order valence-corrected chi connectivity index (χ2v) is 6.92. The monoisotopic (exact) mass is 331 g/mol. The van der Waals surface area contributed by atoms with Crippen LogP contribution in [0.25, 0.3) is 0 Å². The SMILES string of the molecule is COc1ccc(C2(CNC(=O)Cc3cccs3)CC2)cc1OC.